The minimum absolute atomic E-state index is 1.27. The molecule has 0 aliphatic rings. The number of rotatable bonds is 1. The van der Waals surface area contributed by atoms with E-state index in [4.69, 9.17) is 0 Å². The molecule has 0 spiro atoms. The molecule has 1 heterocycles. The first-order valence-corrected chi connectivity index (χ1v) is 8.03. The van der Waals surface area contributed by atoms with Crippen LogP contribution in [0.15, 0.2) is 66.9 Å². The third-order valence-electron chi connectivity index (χ3n) is 4.68. The standard InChI is InChI=1S/C22H20N/c1-15-12-13-23(3)20(14-15)21-16(2)8-9-18-11-10-17-6-4-5-7-19(17)22(18)21/h4-14H,1-3H3/q+1. The van der Waals surface area contributed by atoms with Crippen LogP contribution in [0.3, 0.4) is 0 Å². The highest BCUT2D eigenvalue weighted by Gasteiger charge is 2.17. The summed E-state index contributed by atoms with van der Waals surface area (Å²) in [6.07, 6.45) is 2.15. The summed E-state index contributed by atoms with van der Waals surface area (Å²) in [5.41, 5.74) is 5.21. The summed E-state index contributed by atoms with van der Waals surface area (Å²) in [6.45, 7) is 4.36. The van der Waals surface area contributed by atoms with E-state index >= 15 is 0 Å². The van der Waals surface area contributed by atoms with Crippen molar-refractivity contribution in [3.8, 4) is 11.3 Å². The van der Waals surface area contributed by atoms with Crippen molar-refractivity contribution in [2.24, 2.45) is 7.05 Å². The minimum atomic E-state index is 1.27. The Morgan fingerprint density at radius 3 is 2.39 bits per heavy atom. The molecule has 0 aliphatic heterocycles. The van der Waals surface area contributed by atoms with Gasteiger partial charge in [0.25, 0.3) is 0 Å². The Kier molecular flexibility index (Phi) is 3.16. The van der Waals surface area contributed by atoms with Gasteiger partial charge in [0, 0.05) is 17.5 Å². The van der Waals surface area contributed by atoms with E-state index in [0.29, 0.717) is 0 Å². The van der Waals surface area contributed by atoms with Crippen molar-refractivity contribution in [1.29, 1.82) is 0 Å². The Morgan fingerprint density at radius 2 is 1.52 bits per heavy atom. The van der Waals surface area contributed by atoms with Gasteiger partial charge in [-0.1, -0.05) is 48.5 Å². The van der Waals surface area contributed by atoms with Gasteiger partial charge in [0.15, 0.2) is 6.20 Å². The molecule has 0 unspecified atom stereocenters. The molecule has 0 atom stereocenters. The highest BCUT2D eigenvalue weighted by Crippen LogP contribution is 2.35. The highest BCUT2D eigenvalue weighted by atomic mass is 14.9. The number of benzene rings is 3. The molecule has 0 bridgehead atoms. The molecule has 0 amide bonds. The maximum Gasteiger partial charge on any atom is 0.213 e. The zero-order chi connectivity index (χ0) is 16.0. The number of pyridine rings is 1. The van der Waals surface area contributed by atoms with E-state index in [1.165, 1.54) is 43.9 Å². The molecule has 4 rings (SSSR count). The number of aryl methyl sites for hydroxylation is 3. The van der Waals surface area contributed by atoms with Crippen molar-refractivity contribution in [1.82, 2.24) is 0 Å². The molecule has 0 fully saturated rings. The molecule has 1 nitrogen and oxygen atoms in total. The molecule has 23 heavy (non-hydrogen) atoms. The van der Waals surface area contributed by atoms with Crippen molar-refractivity contribution in [3.63, 3.8) is 0 Å². The molecular weight excluding hydrogens is 278 g/mol. The smallest absolute Gasteiger partial charge is 0.201 e. The van der Waals surface area contributed by atoms with Crippen LogP contribution in [0.5, 0.6) is 0 Å². The fraction of sp³-hybridized carbons (Fsp3) is 0.136. The monoisotopic (exact) mass is 298 g/mol. The third-order valence-corrected chi connectivity index (χ3v) is 4.68. The fourth-order valence-electron chi connectivity index (χ4n) is 3.46. The molecule has 0 aliphatic carbocycles. The molecule has 0 saturated carbocycles. The van der Waals surface area contributed by atoms with Crippen LogP contribution in [0.25, 0.3) is 32.8 Å². The van der Waals surface area contributed by atoms with Crippen LogP contribution in [0, 0.1) is 13.8 Å². The zero-order valence-electron chi connectivity index (χ0n) is 13.8. The van der Waals surface area contributed by atoms with Crippen LogP contribution < -0.4 is 4.57 Å². The van der Waals surface area contributed by atoms with E-state index in [0.717, 1.165) is 0 Å². The molecule has 0 radical (unpaired) electrons. The molecule has 3 aromatic carbocycles. The normalized spacial score (nSPS) is 11.3. The highest BCUT2D eigenvalue weighted by molar-refractivity contribution is 6.14. The number of fused-ring (bicyclic) bond motifs is 3. The van der Waals surface area contributed by atoms with E-state index in [2.05, 4.69) is 92.3 Å². The lowest BCUT2D eigenvalue weighted by atomic mass is 9.92. The van der Waals surface area contributed by atoms with E-state index in [-0.39, 0.29) is 0 Å². The number of hydrogen-bond acceptors (Lipinski definition) is 0. The van der Waals surface area contributed by atoms with Crippen LogP contribution in [0.2, 0.25) is 0 Å². The number of nitrogens with zero attached hydrogens (tertiary/aromatic N) is 1. The summed E-state index contributed by atoms with van der Waals surface area (Å²) in [6, 6.07) is 22.0. The Labute approximate surface area is 136 Å². The SMILES string of the molecule is Cc1cc[n+](C)c(-c2c(C)ccc3ccc4ccccc4c23)c1. The van der Waals surface area contributed by atoms with Gasteiger partial charge in [0.2, 0.25) is 5.69 Å². The predicted octanol–water partition coefficient (Wildman–Crippen LogP) is 5.10. The summed E-state index contributed by atoms with van der Waals surface area (Å²) < 4.78 is 2.22. The predicted molar refractivity (Wildman–Crippen MR) is 97.5 cm³/mol. The number of aromatic nitrogens is 1. The maximum atomic E-state index is 2.28. The van der Waals surface area contributed by atoms with Crippen LogP contribution in [0.4, 0.5) is 0 Å². The van der Waals surface area contributed by atoms with Crippen molar-refractivity contribution in [3.05, 3.63) is 78.0 Å². The second-order valence-electron chi connectivity index (χ2n) is 6.34. The minimum Gasteiger partial charge on any atom is -0.201 e. The Bertz CT molecular complexity index is 1040. The average Bonchev–Trinajstić information content (AvgIpc) is 2.57. The van der Waals surface area contributed by atoms with Crippen molar-refractivity contribution >= 4 is 21.5 Å². The molecular formula is C22H20N+. The van der Waals surface area contributed by atoms with Gasteiger partial charge in [0.1, 0.15) is 7.05 Å². The van der Waals surface area contributed by atoms with Gasteiger partial charge in [-0.2, -0.15) is 0 Å². The van der Waals surface area contributed by atoms with Crippen LogP contribution in [-0.2, 0) is 7.05 Å². The van der Waals surface area contributed by atoms with Gasteiger partial charge in [-0.3, -0.25) is 0 Å². The first kappa shape index (κ1) is 14.0. The topological polar surface area (TPSA) is 3.88 Å². The van der Waals surface area contributed by atoms with Gasteiger partial charge in [-0.25, -0.2) is 4.57 Å². The van der Waals surface area contributed by atoms with Crippen molar-refractivity contribution in [2.45, 2.75) is 13.8 Å². The van der Waals surface area contributed by atoms with Gasteiger partial charge in [0.05, 0.1) is 5.56 Å². The summed E-state index contributed by atoms with van der Waals surface area (Å²) in [5.74, 6) is 0. The number of hydrogen-bond donors (Lipinski definition) is 0. The lowest BCUT2D eigenvalue weighted by Crippen LogP contribution is -2.30. The fourth-order valence-corrected chi connectivity index (χ4v) is 3.46. The molecule has 1 aromatic heterocycles. The summed E-state index contributed by atoms with van der Waals surface area (Å²) in [5, 5.41) is 5.27. The quantitative estimate of drug-likeness (QED) is 0.340. The first-order valence-electron chi connectivity index (χ1n) is 8.03. The molecule has 0 N–H and O–H groups in total. The van der Waals surface area contributed by atoms with Gasteiger partial charge < -0.3 is 0 Å². The summed E-state index contributed by atoms with van der Waals surface area (Å²) in [4.78, 5) is 0. The summed E-state index contributed by atoms with van der Waals surface area (Å²) >= 11 is 0. The summed E-state index contributed by atoms with van der Waals surface area (Å²) in [7, 11) is 2.12. The van der Waals surface area contributed by atoms with Crippen molar-refractivity contribution in [2.75, 3.05) is 0 Å². The lowest BCUT2D eigenvalue weighted by molar-refractivity contribution is -0.660. The maximum absolute atomic E-state index is 2.28. The van der Waals surface area contributed by atoms with Crippen LogP contribution in [-0.4, -0.2) is 0 Å². The Morgan fingerprint density at radius 1 is 0.783 bits per heavy atom. The van der Waals surface area contributed by atoms with E-state index < -0.39 is 0 Å². The van der Waals surface area contributed by atoms with Gasteiger partial charge >= 0.3 is 0 Å². The molecule has 4 aromatic rings. The Balaban J connectivity index is 2.23. The zero-order valence-corrected chi connectivity index (χ0v) is 13.8. The molecule has 1 heteroatoms. The second-order valence-corrected chi connectivity index (χ2v) is 6.34. The van der Waals surface area contributed by atoms with Crippen LogP contribution in [0.1, 0.15) is 11.1 Å². The largest absolute Gasteiger partial charge is 0.213 e. The molecule has 0 saturated heterocycles. The first-order chi connectivity index (χ1) is 11.1. The van der Waals surface area contributed by atoms with Crippen molar-refractivity contribution < 1.29 is 4.57 Å². The third kappa shape index (κ3) is 2.20. The van der Waals surface area contributed by atoms with Gasteiger partial charge in [-0.15, -0.1) is 0 Å². The lowest BCUT2D eigenvalue weighted by Gasteiger charge is -2.12. The van der Waals surface area contributed by atoms with E-state index in [1.54, 1.807) is 0 Å². The second kappa shape index (κ2) is 5.20. The average molecular weight is 298 g/mol. The van der Waals surface area contributed by atoms with Gasteiger partial charge in [-0.05, 0) is 41.1 Å². The molecule has 112 valence electrons. The van der Waals surface area contributed by atoms with E-state index in [9.17, 15) is 0 Å². The van der Waals surface area contributed by atoms with E-state index in [1.807, 2.05) is 0 Å². The Hall–Kier alpha value is -2.67. The van der Waals surface area contributed by atoms with Crippen LogP contribution >= 0.6 is 0 Å².